The van der Waals surface area contributed by atoms with E-state index < -0.39 is 10.0 Å². The molecule has 0 saturated carbocycles. The molecular formula is C11H15N5O2S. The van der Waals surface area contributed by atoms with E-state index in [9.17, 15) is 8.42 Å². The first kappa shape index (κ1) is 13.7. The van der Waals surface area contributed by atoms with E-state index in [1.54, 1.807) is 16.8 Å². The first-order valence-electron chi connectivity index (χ1n) is 5.63. The summed E-state index contributed by atoms with van der Waals surface area (Å²) in [6.45, 7) is 1.21. The third kappa shape index (κ3) is 3.85. The van der Waals surface area contributed by atoms with Crippen LogP contribution in [0.3, 0.4) is 0 Å². The Morgan fingerprint density at radius 3 is 2.47 bits per heavy atom. The van der Waals surface area contributed by atoms with Gasteiger partial charge in [-0.25, -0.2) is 13.6 Å². The third-order valence-corrected chi connectivity index (χ3v) is 3.47. The van der Waals surface area contributed by atoms with Gasteiger partial charge in [-0.15, -0.1) is 5.10 Å². The van der Waals surface area contributed by atoms with Gasteiger partial charge in [-0.1, -0.05) is 17.3 Å². The smallest absolute Gasteiger partial charge is 0.238 e. The van der Waals surface area contributed by atoms with Crippen molar-refractivity contribution in [2.24, 2.45) is 12.2 Å². The molecule has 2 aromatic rings. The van der Waals surface area contributed by atoms with Gasteiger partial charge in [0.15, 0.2) is 0 Å². The molecule has 0 amide bonds. The number of sulfonamides is 1. The Labute approximate surface area is 111 Å². The van der Waals surface area contributed by atoms with Crippen molar-refractivity contribution in [2.45, 2.75) is 18.0 Å². The number of primary sulfonamides is 1. The summed E-state index contributed by atoms with van der Waals surface area (Å²) in [4.78, 5) is 0.116. The molecule has 2 rings (SSSR count). The highest BCUT2D eigenvalue weighted by Gasteiger charge is 2.06. The van der Waals surface area contributed by atoms with Gasteiger partial charge in [0.05, 0.1) is 10.6 Å². The van der Waals surface area contributed by atoms with Crippen LogP contribution in [0.15, 0.2) is 35.4 Å². The van der Waals surface area contributed by atoms with Gasteiger partial charge in [0.2, 0.25) is 10.0 Å². The molecule has 0 aliphatic heterocycles. The lowest BCUT2D eigenvalue weighted by molar-refractivity contribution is 0.597. The van der Waals surface area contributed by atoms with Crippen molar-refractivity contribution < 1.29 is 8.42 Å². The maximum atomic E-state index is 11.1. The topological polar surface area (TPSA) is 103 Å². The van der Waals surface area contributed by atoms with Crippen LogP contribution in [-0.2, 0) is 30.2 Å². The van der Waals surface area contributed by atoms with Gasteiger partial charge < -0.3 is 5.32 Å². The number of hydrogen-bond acceptors (Lipinski definition) is 5. The van der Waals surface area contributed by atoms with Crippen LogP contribution in [0.5, 0.6) is 0 Å². The average molecular weight is 281 g/mol. The van der Waals surface area contributed by atoms with Gasteiger partial charge in [0.25, 0.3) is 0 Å². The minimum absolute atomic E-state index is 0.116. The van der Waals surface area contributed by atoms with Gasteiger partial charge in [0, 0.05) is 26.3 Å². The Hall–Kier alpha value is -1.77. The molecular weight excluding hydrogens is 266 g/mol. The second-order valence-corrected chi connectivity index (χ2v) is 5.74. The van der Waals surface area contributed by atoms with Crippen molar-refractivity contribution in [3.05, 3.63) is 41.7 Å². The summed E-state index contributed by atoms with van der Waals surface area (Å²) in [6.07, 6.45) is 1.83. The highest BCUT2D eigenvalue weighted by atomic mass is 32.2. The predicted molar refractivity (Wildman–Crippen MR) is 69.4 cm³/mol. The molecule has 0 aliphatic carbocycles. The number of nitrogens with one attached hydrogen (secondary N) is 1. The highest BCUT2D eigenvalue weighted by molar-refractivity contribution is 7.89. The molecule has 0 saturated heterocycles. The largest absolute Gasteiger partial charge is 0.307 e. The Bertz CT molecular complexity index is 648. The second kappa shape index (κ2) is 5.47. The van der Waals surface area contributed by atoms with E-state index >= 15 is 0 Å². The second-order valence-electron chi connectivity index (χ2n) is 4.18. The molecule has 0 radical (unpaired) electrons. The van der Waals surface area contributed by atoms with Crippen molar-refractivity contribution in [2.75, 3.05) is 0 Å². The summed E-state index contributed by atoms with van der Waals surface area (Å²) in [5.74, 6) is 0. The van der Waals surface area contributed by atoms with Crippen LogP contribution in [-0.4, -0.2) is 23.4 Å². The van der Waals surface area contributed by atoms with E-state index in [0.29, 0.717) is 13.1 Å². The monoisotopic (exact) mass is 281 g/mol. The number of rotatable bonds is 5. The van der Waals surface area contributed by atoms with Crippen molar-refractivity contribution in [3.63, 3.8) is 0 Å². The molecule has 3 N–H and O–H groups in total. The first-order chi connectivity index (χ1) is 8.95. The molecule has 0 aliphatic rings. The highest BCUT2D eigenvalue weighted by Crippen LogP contribution is 2.08. The van der Waals surface area contributed by atoms with E-state index in [4.69, 9.17) is 5.14 Å². The molecule has 102 valence electrons. The summed E-state index contributed by atoms with van der Waals surface area (Å²) >= 11 is 0. The van der Waals surface area contributed by atoms with Crippen molar-refractivity contribution in [1.82, 2.24) is 20.3 Å². The van der Waals surface area contributed by atoms with Crippen molar-refractivity contribution in [1.29, 1.82) is 0 Å². The van der Waals surface area contributed by atoms with Crippen LogP contribution < -0.4 is 10.5 Å². The van der Waals surface area contributed by atoms with E-state index in [2.05, 4.69) is 15.6 Å². The zero-order valence-corrected chi connectivity index (χ0v) is 11.3. The zero-order chi connectivity index (χ0) is 13.9. The molecule has 8 heteroatoms. The van der Waals surface area contributed by atoms with Crippen LogP contribution in [0.2, 0.25) is 0 Å². The third-order valence-electron chi connectivity index (χ3n) is 2.54. The van der Waals surface area contributed by atoms with E-state index in [0.717, 1.165) is 11.3 Å². The lowest BCUT2D eigenvalue weighted by Crippen LogP contribution is -2.14. The van der Waals surface area contributed by atoms with Crippen LogP contribution in [0.4, 0.5) is 0 Å². The molecule has 0 spiro atoms. The van der Waals surface area contributed by atoms with Crippen molar-refractivity contribution in [3.8, 4) is 0 Å². The maximum Gasteiger partial charge on any atom is 0.238 e. The van der Waals surface area contributed by atoms with E-state index in [1.807, 2.05) is 13.2 Å². The lowest BCUT2D eigenvalue weighted by Gasteiger charge is -2.04. The van der Waals surface area contributed by atoms with Gasteiger partial charge in [-0.3, -0.25) is 4.68 Å². The maximum absolute atomic E-state index is 11.1. The molecule has 0 fully saturated rings. The molecule has 1 heterocycles. The summed E-state index contributed by atoms with van der Waals surface area (Å²) in [5.41, 5.74) is 1.82. The fourth-order valence-corrected chi connectivity index (χ4v) is 2.12. The summed E-state index contributed by atoms with van der Waals surface area (Å²) in [5, 5.41) is 16.0. The summed E-state index contributed by atoms with van der Waals surface area (Å²) < 4.78 is 23.8. The Kier molecular flexibility index (Phi) is 3.93. The molecule has 19 heavy (non-hydrogen) atoms. The quantitative estimate of drug-likeness (QED) is 0.787. The lowest BCUT2D eigenvalue weighted by atomic mass is 10.2. The van der Waals surface area contributed by atoms with Gasteiger partial charge in [0.1, 0.15) is 0 Å². The minimum Gasteiger partial charge on any atom is -0.307 e. The Morgan fingerprint density at radius 2 is 1.95 bits per heavy atom. The van der Waals surface area contributed by atoms with Crippen LogP contribution in [0, 0.1) is 0 Å². The molecule has 1 aromatic heterocycles. The number of benzene rings is 1. The minimum atomic E-state index is -3.62. The summed E-state index contributed by atoms with van der Waals surface area (Å²) in [6, 6.07) is 6.44. The van der Waals surface area contributed by atoms with Gasteiger partial charge in [-0.05, 0) is 17.7 Å². The Morgan fingerprint density at radius 1 is 1.26 bits per heavy atom. The van der Waals surface area contributed by atoms with E-state index in [-0.39, 0.29) is 4.90 Å². The SMILES string of the molecule is Cn1cc(CNCc2ccc(S(N)(=O)=O)cc2)nn1. The first-order valence-corrected chi connectivity index (χ1v) is 7.17. The van der Waals surface area contributed by atoms with Gasteiger partial charge in [-0.2, -0.15) is 0 Å². The van der Waals surface area contributed by atoms with Crippen LogP contribution in [0.1, 0.15) is 11.3 Å². The van der Waals surface area contributed by atoms with Crippen LogP contribution in [0.25, 0.3) is 0 Å². The molecule has 1 aromatic carbocycles. The molecule has 7 nitrogen and oxygen atoms in total. The average Bonchev–Trinajstić information content (AvgIpc) is 2.75. The molecule has 0 unspecified atom stereocenters. The number of aryl methyl sites for hydroxylation is 1. The molecule has 0 bridgehead atoms. The number of aromatic nitrogens is 3. The van der Waals surface area contributed by atoms with Crippen LogP contribution >= 0.6 is 0 Å². The normalized spacial score (nSPS) is 11.7. The predicted octanol–water partition coefficient (Wildman–Crippen LogP) is -0.248. The Balaban J connectivity index is 1.90. The zero-order valence-electron chi connectivity index (χ0n) is 10.4. The number of nitrogens with zero attached hydrogens (tertiary/aromatic N) is 3. The number of nitrogens with two attached hydrogens (primary N) is 1. The molecule has 0 atom stereocenters. The summed E-state index contributed by atoms with van der Waals surface area (Å²) in [7, 11) is -1.81. The van der Waals surface area contributed by atoms with Gasteiger partial charge >= 0.3 is 0 Å². The van der Waals surface area contributed by atoms with E-state index in [1.165, 1.54) is 12.1 Å². The van der Waals surface area contributed by atoms with Crippen molar-refractivity contribution >= 4 is 10.0 Å². The standard InChI is InChI=1S/C11H15N5O2S/c1-16-8-10(14-15-16)7-13-6-9-2-4-11(5-3-9)19(12,17)18/h2-5,8,13H,6-7H2,1H3,(H2,12,17,18). The number of hydrogen-bond donors (Lipinski definition) is 2. The fraction of sp³-hybridized carbons (Fsp3) is 0.273. The fourth-order valence-electron chi connectivity index (χ4n) is 1.61.